The summed E-state index contributed by atoms with van der Waals surface area (Å²) < 4.78 is 26.5. The van der Waals surface area contributed by atoms with E-state index in [0.717, 1.165) is 18.6 Å². The molecule has 0 aliphatic rings. The Labute approximate surface area is 113 Å². The molecule has 5 heteroatoms. The molecule has 0 aliphatic heterocycles. The average Bonchev–Trinajstić information content (AvgIpc) is 2.39. The Balaban J connectivity index is 2.76. The van der Waals surface area contributed by atoms with Gasteiger partial charge < -0.3 is 10.6 Å². The molecule has 1 unspecified atom stereocenters. The summed E-state index contributed by atoms with van der Waals surface area (Å²) >= 11 is 0. The van der Waals surface area contributed by atoms with Crippen LogP contribution in [0, 0.1) is 11.6 Å². The molecule has 0 amide bonds. The van der Waals surface area contributed by atoms with Crippen molar-refractivity contribution in [1.82, 2.24) is 10.6 Å². The zero-order valence-electron chi connectivity index (χ0n) is 11.6. The van der Waals surface area contributed by atoms with Gasteiger partial charge in [0, 0.05) is 18.2 Å². The second kappa shape index (κ2) is 7.71. The molecule has 0 fully saturated rings. The van der Waals surface area contributed by atoms with Crippen molar-refractivity contribution in [2.24, 2.45) is 4.99 Å². The molecule has 0 bridgehead atoms. The van der Waals surface area contributed by atoms with Gasteiger partial charge in [-0.3, -0.25) is 0 Å². The van der Waals surface area contributed by atoms with Crippen LogP contribution in [0.4, 0.5) is 8.78 Å². The molecule has 2 N–H and O–H groups in total. The zero-order chi connectivity index (χ0) is 14.3. The molecular weight excluding hydrogens is 248 g/mol. The van der Waals surface area contributed by atoms with Gasteiger partial charge in [0.2, 0.25) is 0 Å². The molecule has 0 radical (unpaired) electrons. The third kappa shape index (κ3) is 5.24. The minimum atomic E-state index is -0.452. The SMILES string of the molecule is CCNC(=NCc1cc(F)ccc1F)NC(C)CC. The van der Waals surface area contributed by atoms with Crippen LogP contribution < -0.4 is 10.6 Å². The van der Waals surface area contributed by atoms with E-state index >= 15 is 0 Å². The van der Waals surface area contributed by atoms with Crippen LogP contribution in [0.1, 0.15) is 32.8 Å². The van der Waals surface area contributed by atoms with Crippen LogP contribution in [0.3, 0.4) is 0 Å². The third-order valence-electron chi connectivity index (χ3n) is 2.75. The lowest BCUT2D eigenvalue weighted by Crippen LogP contribution is -2.41. The summed E-state index contributed by atoms with van der Waals surface area (Å²) in [5.74, 6) is -0.281. The van der Waals surface area contributed by atoms with Crippen molar-refractivity contribution in [3.8, 4) is 0 Å². The Morgan fingerprint density at radius 3 is 2.68 bits per heavy atom. The summed E-state index contributed by atoms with van der Waals surface area (Å²) in [4.78, 5) is 4.26. The Morgan fingerprint density at radius 1 is 1.32 bits per heavy atom. The molecule has 1 aromatic carbocycles. The highest BCUT2D eigenvalue weighted by Gasteiger charge is 2.05. The van der Waals surface area contributed by atoms with Crippen LogP contribution in [0.15, 0.2) is 23.2 Å². The molecular formula is C14H21F2N3. The lowest BCUT2D eigenvalue weighted by atomic mass is 10.2. The van der Waals surface area contributed by atoms with Crippen LogP contribution >= 0.6 is 0 Å². The van der Waals surface area contributed by atoms with Gasteiger partial charge in [0.1, 0.15) is 11.6 Å². The second-order valence-corrected chi connectivity index (χ2v) is 4.38. The maximum absolute atomic E-state index is 13.5. The Kier molecular flexibility index (Phi) is 6.25. The van der Waals surface area contributed by atoms with Crippen molar-refractivity contribution >= 4 is 5.96 Å². The third-order valence-corrected chi connectivity index (χ3v) is 2.75. The maximum Gasteiger partial charge on any atom is 0.191 e. The van der Waals surface area contributed by atoms with Gasteiger partial charge in [0.25, 0.3) is 0 Å². The molecule has 0 heterocycles. The predicted octanol–water partition coefficient (Wildman–Crippen LogP) is 2.82. The summed E-state index contributed by atoms with van der Waals surface area (Å²) in [5, 5.41) is 6.27. The average molecular weight is 269 g/mol. The van der Waals surface area contributed by atoms with Gasteiger partial charge >= 0.3 is 0 Å². The number of benzene rings is 1. The van der Waals surface area contributed by atoms with Crippen LogP contribution in [0.5, 0.6) is 0 Å². The summed E-state index contributed by atoms with van der Waals surface area (Å²) in [7, 11) is 0. The van der Waals surface area contributed by atoms with Gasteiger partial charge in [0.05, 0.1) is 6.54 Å². The number of nitrogens with one attached hydrogen (secondary N) is 2. The van der Waals surface area contributed by atoms with Crippen LogP contribution in [0.2, 0.25) is 0 Å². The van der Waals surface area contributed by atoms with Gasteiger partial charge in [-0.15, -0.1) is 0 Å². The minimum absolute atomic E-state index is 0.107. The molecule has 0 saturated heterocycles. The lowest BCUT2D eigenvalue weighted by Gasteiger charge is -2.16. The first-order chi connectivity index (χ1) is 9.06. The van der Waals surface area contributed by atoms with Crippen molar-refractivity contribution in [1.29, 1.82) is 0 Å². The van der Waals surface area contributed by atoms with Gasteiger partial charge in [-0.05, 0) is 38.5 Å². The minimum Gasteiger partial charge on any atom is -0.357 e. The van der Waals surface area contributed by atoms with Crippen molar-refractivity contribution < 1.29 is 8.78 Å². The van der Waals surface area contributed by atoms with E-state index in [2.05, 4.69) is 22.5 Å². The predicted molar refractivity (Wildman–Crippen MR) is 74.1 cm³/mol. The largest absolute Gasteiger partial charge is 0.357 e. The molecule has 106 valence electrons. The molecule has 1 rings (SSSR count). The fourth-order valence-electron chi connectivity index (χ4n) is 1.48. The van der Waals surface area contributed by atoms with Gasteiger partial charge in [-0.1, -0.05) is 6.92 Å². The van der Waals surface area contributed by atoms with Crippen molar-refractivity contribution in [3.05, 3.63) is 35.4 Å². The quantitative estimate of drug-likeness (QED) is 0.637. The number of aliphatic imine (C=N–C) groups is 1. The van der Waals surface area contributed by atoms with Gasteiger partial charge in [-0.25, -0.2) is 13.8 Å². The van der Waals surface area contributed by atoms with E-state index in [0.29, 0.717) is 12.5 Å². The zero-order valence-corrected chi connectivity index (χ0v) is 11.6. The Hall–Kier alpha value is -1.65. The first kappa shape index (κ1) is 15.4. The standard InChI is InChI=1S/C14H21F2N3/c1-4-10(3)19-14(17-5-2)18-9-11-8-12(15)6-7-13(11)16/h6-8,10H,4-5,9H2,1-3H3,(H2,17,18,19). The number of halogens is 2. The van der Waals surface area contributed by atoms with E-state index in [4.69, 9.17) is 0 Å². The van der Waals surface area contributed by atoms with Crippen molar-refractivity contribution in [2.45, 2.75) is 39.8 Å². The molecule has 3 nitrogen and oxygen atoms in total. The number of hydrogen-bond acceptors (Lipinski definition) is 1. The van der Waals surface area contributed by atoms with Crippen molar-refractivity contribution in [3.63, 3.8) is 0 Å². The maximum atomic E-state index is 13.5. The summed E-state index contributed by atoms with van der Waals surface area (Å²) in [6.45, 7) is 6.88. The van der Waals surface area contributed by atoms with Crippen LogP contribution in [-0.2, 0) is 6.54 Å². The highest BCUT2D eigenvalue weighted by Crippen LogP contribution is 2.10. The molecule has 1 atom stereocenters. The fourth-order valence-corrected chi connectivity index (χ4v) is 1.48. The van der Waals surface area contributed by atoms with E-state index in [1.807, 2.05) is 13.8 Å². The smallest absolute Gasteiger partial charge is 0.191 e. The van der Waals surface area contributed by atoms with E-state index in [1.165, 1.54) is 6.07 Å². The molecule has 0 spiro atoms. The number of nitrogens with zero attached hydrogens (tertiary/aromatic N) is 1. The number of rotatable bonds is 5. The molecule has 19 heavy (non-hydrogen) atoms. The first-order valence-corrected chi connectivity index (χ1v) is 6.55. The summed E-state index contributed by atoms with van der Waals surface area (Å²) in [6.07, 6.45) is 0.957. The Morgan fingerprint density at radius 2 is 2.05 bits per heavy atom. The van der Waals surface area contributed by atoms with Gasteiger partial charge in [-0.2, -0.15) is 0 Å². The highest BCUT2D eigenvalue weighted by atomic mass is 19.1. The Bertz CT molecular complexity index is 433. The number of hydrogen-bond donors (Lipinski definition) is 2. The normalized spacial score (nSPS) is 13.2. The first-order valence-electron chi connectivity index (χ1n) is 6.55. The second-order valence-electron chi connectivity index (χ2n) is 4.38. The van der Waals surface area contributed by atoms with E-state index in [-0.39, 0.29) is 18.2 Å². The fraction of sp³-hybridized carbons (Fsp3) is 0.500. The summed E-state index contributed by atoms with van der Waals surface area (Å²) in [5.41, 5.74) is 0.251. The monoisotopic (exact) mass is 269 g/mol. The van der Waals surface area contributed by atoms with E-state index in [9.17, 15) is 8.78 Å². The topological polar surface area (TPSA) is 36.4 Å². The number of guanidine groups is 1. The lowest BCUT2D eigenvalue weighted by molar-refractivity contribution is 0.584. The van der Waals surface area contributed by atoms with Crippen LogP contribution in [-0.4, -0.2) is 18.5 Å². The highest BCUT2D eigenvalue weighted by molar-refractivity contribution is 5.80. The van der Waals surface area contributed by atoms with E-state index < -0.39 is 11.6 Å². The van der Waals surface area contributed by atoms with E-state index in [1.54, 1.807) is 0 Å². The molecule has 1 aromatic rings. The summed E-state index contributed by atoms with van der Waals surface area (Å²) in [6, 6.07) is 3.67. The molecule has 0 saturated carbocycles. The molecule has 0 aliphatic carbocycles. The van der Waals surface area contributed by atoms with Gasteiger partial charge in [0.15, 0.2) is 5.96 Å². The molecule has 0 aromatic heterocycles. The van der Waals surface area contributed by atoms with Crippen LogP contribution in [0.25, 0.3) is 0 Å². The van der Waals surface area contributed by atoms with Crippen molar-refractivity contribution in [2.75, 3.05) is 6.54 Å².